The van der Waals surface area contributed by atoms with Gasteiger partial charge >= 0.3 is 12.1 Å². The number of Topliss-reactive ketones (excluding diaryl/α,β-unsaturated/α-hetero) is 1. The molecule has 1 atom stereocenters. The number of alkyl halides is 3. The summed E-state index contributed by atoms with van der Waals surface area (Å²) >= 11 is 0. The van der Waals surface area contributed by atoms with Gasteiger partial charge in [0.15, 0.2) is 6.04 Å². The van der Waals surface area contributed by atoms with E-state index in [1.807, 2.05) is 36.4 Å². The minimum Gasteiger partial charge on any atom is -0.467 e. The first kappa shape index (κ1) is 29.9. The van der Waals surface area contributed by atoms with Crippen LogP contribution in [0.2, 0.25) is 0 Å². The van der Waals surface area contributed by atoms with Gasteiger partial charge in [0, 0.05) is 11.3 Å². The molecule has 0 radical (unpaired) electrons. The molecular weight excluding hydrogens is 505 g/mol. The zero-order valence-electron chi connectivity index (χ0n) is 22.3. The number of rotatable bonds is 8. The van der Waals surface area contributed by atoms with Gasteiger partial charge in [0.1, 0.15) is 6.54 Å². The summed E-state index contributed by atoms with van der Waals surface area (Å²) in [5, 5.41) is 2.95. The number of carbonyl (C=O) groups is 2. The first-order chi connectivity index (χ1) is 18.7. The Morgan fingerprint density at radius 1 is 0.923 bits per heavy atom. The summed E-state index contributed by atoms with van der Waals surface area (Å²) in [6.45, 7) is 5.26. The summed E-state index contributed by atoms with van der Waals surface area (Å²) in [7, 11) is 1.23. The van der Waals surface area contributed by atoms with Crippen LogP contribution in [0.15, 0.2) is 84.9 Å². The summed E-state index contributed by atoms with van der Waals surface area (Å²) < 4.78 is 42.5. The molecule has 0 spiro atoms. The Kier molecular flexibility index (Phi) is 11.1. The van der Waals surface area contributed by atoms with E-state index in [2.05, 4.69) is 12.2 Å². The summed E-state index contributed by atoms with van der Waals surface area (Å²) in [4.78, 5) is 25.4. The Morgan fingerprint density at radius 2 is 1.49 bits per heavy atom. The monoisotopic (exact) mass is 541 g/mol. The lowest BCUT2D eigenvalue weighted by Gasteiger charge is -2.28. The van der Waals surface area contributed by atoms with Gasteiger partial charge in [0.25, 0.3) is 0 Å². The van der Waals surface area contributed by atoms with Crippen LogP contribution in [-0.4, -0.2) is 38.5 Å². The van der Waals surface area contributed by atoms with Gasteiger partial charge in [0.05, 0.1) is 25.8 Å². The number of para-hydroxylation sites is 1. The van der Waals surface area contributed by atoms with Crippen LogP contribution in [0.1, 0.15) is 53.7 Å². The van der Waals surface area contributed by atoms with E-state index >= 15 is 0 Å². The number of ether oxygens (including phenoxy) is 1. The average Bonchev–Trinajstić information content (AvgIpc) is 2.97. The fourth-order valence-electron chi connectivity index (χ4n) is 4.59. The van der Waals surface area contributed by atoms with Crippen molar-refractivity contribution < 1.29 is 32.4 Å². The lowest BCUT2D eigenvalue weighted by atomic mass is 9.94. The van der Waals surface area contributed by atoms with Crippen molar-refractivity contribution in [1.29, 1.82) is 0 Å². The van der Waals surface area contributed by atoms with E-state index in [-0.39, 0.29) is 5.78 Å². The molecule has 0 aromatic heterocycles. The smallest absolute Gasteiger partial charge is 0.416 e. The number of hydrogen-bond acceptors (Lipinski definition) is 4. The van der Waals surface area contributed by atoms with E-state index in [4.69, 9.17) is 4.74 Å². The minimum atomic E-state index is -4.41. The van der Waals surface area contributed by atoms with Crippen LogP contribution in [0.3, 0.4) is 0 Å². The third-order valence-electron chi connectivity index (χ3n) is 6.99. The number of hydrogen-bond donors (Lipinski definition) is 2. The maximum absolute atomic E-state index is 12.6. The van der Waals surface area contributed by atoms with Gasteiger partial charge in [-0.25, -0.2) is 4.79 Å². The van der Waals surface area contributed by atoms with Gasteiger partial charge in [0.2, 0.25) is 5.78 Å². The molecule has 5 nitrogen and oxygen atoms in total. The van der Waals surface area contributed by atoms with Crippen LogP contribution in [0.4, 0.5) is 18.9 Å². The Balaban J connectivity index is 0.000000223. The van der Waals surface area contributed by atoms with Crippen LogP contribution in [0, 0.1) is 5.92 Å². The van der Waals surface area contributed by atoms with E-state index in [0.29, 0.717) is 17.8 Å². The molecule has 1 aliphatic heterocycles. The molecule has 1 aliphatic rings. The summed E-state index contributed by atoms with van der Waals surface area (Å²) in [5.41, 5.74) is 1.15. The summed E-state index contributed by atoms with van der Waals surface area (Å²) in [6, 6.07) is 22.1. The lowest BCUT2D eigenvalue weighted by molar-refractivity contribution is -0.897. The fourth-order valence-corrected chi connectivity index (χ4v) is 4.59. The number of anilines is 1. The van der Waals surface area contributed by atoms with Gasteiger partial charge in [-0.3, -0.25) is 4.79 Å². The minimum absolute atomic E-state index is 0.288. The van der Waals surface area contributed by atoms with Gasteiger partial charge < -0.3 is 15.0 Å². The van der Waals surface area contributed by atoms with Crippen molar-refractivity contribution in [2.45, 2.75) is 38.4 Å². The predicted octanol–water partition coefficient (Wildman–Crippen LogP) is 5.61. The molecule has 0 bridgehead atoms. The van der Waals surface area contributed by atoms with Gasteiger partial charge in [-0.2, -0.15) is 13.2 Å². The molecule has 1 unspecified atom stereocenters. The highest BCUT2D eigenvalue weighted by Gasteiger charge is 2.31. The Morgan fingerprint density at radius 3 is 2.00 bits per heavy atom. The quantitative estimate of drug-likeness (QED) is 0.288. The van der Waals surface area contributed by atoms with E-state index in [1.165, 1.54) is 43.4 Å². The van der Waals surface area contributed by atoms with E-state index < -0.39 is 23.8 Å². The normalized spacial score (nSPS) is 17.8. The molecule has 208 valence electrons. The molecule has 39 heavy (non-hydrogen) atoms. The number of piperidine rings is 1. The molecule has 0 saturated carbocycles. The first-order valence-corrected chi connectivity index (χ1v) is 13.2. The number of methoxy groups -OCH3 is 1. The molecule has 1 heterocycles. The molecule has 8 heteroatoms. The largest absolute Gasteiger partial charge is 0.467 e. The van der Waals surface area contributed by atoms with Crippen LogP contribution < -0.4 is 10.2 Å². The lowest BCUT2D eigenvalue weighted by Crippen LogP contribution is -3.13. The summed E-state index contributed by atoms with van der Waals surface area (Å²) in [6.07, 6.45) is -0.548. The molecular formula is C31H36F3N2O3+. The van der Waals surface area contributed by atoms with Crippen molar-refractivity contribution in [2.75, 3.05) is 32.1 Å². The van der Waals surface area contributed by atoms with Crippen molar-refractivity contribution >= 4 is 17.4 Å². The van der Waals surface area contributed by atoms with Crippen LogP contribution in [0.5, 0.6) is 0 Å². The van der Waals surface area contributed by atoms with Gasteiger partial charge in [-0.15, -0.1) is 0 Å². The van der Waals surface area contributed by atoms with Gasteiger partial charge in [-0.05, 0) is 48.6 Å². The van der Waals surface area contributed by atoms with Crippen molar-refractivity contribution in [3.05, 3.63) is 102 Å². The number of nitrogens with one attached hydrogen (secondary N) is 2. The molecule has 3 aromatic carbocycles. The van der Waals surface area contributed by atoms with E-state index in [9.17, 15) is 22.8 Å². The molecule has 0 amide bonds. The molecule has 1 saturated heterocycles. The number of esters is 1. The second-order valence-corrected chi connectivity index (χ2v) is 9.65. The summed E-state index contributed by atoms with van der Waals surface area (Å²) in [5.74, 6) is 0.602. The second kappa shape index (κ2) is 14.5. The molecule has 1 fully saturated rings. The highest BCUT2D eigenvalue weighted by molar-refractivity contribution is 5.96. The molecule has 2 N–H and O–H groups in total. The number of benzene rings is 3. The zero-order valence-corrected chi connectivity index (χ0v) is 22.3. The number of ketones is 1. The zero-order chi connectivity index (χ0) is 28.3. The first-order valence-electron chi connectivity index (χ1n) is 13.2. The van der Waals surface area contributed by atoms with Crippen LogP contribution in [0.25, 0.3) is 0 Å². The van der Waals surface area contributed by atoms with Crippen molar-refractivity contribution in [3.63, 3.8) is 0 Å². The van der Waals surface area contributed by atoms with Crippen molar-refractivity contribution in [3.8, 4) is 0 Å². The standard InChI is InChI=1S/C16H14F3NO2.C15H21NO/c1-22-15(21)14(20-13-5-3-2-4-6-13)11-7-9-12(10-8-11)16(17,18)19;1-2-13-8-10-16(11-9-13)12-15(17)14-6-4-3-5-7-14/h2-10,14,20H,1H3;3-7,13H,2,8-12H2,1H3/p+1. The SMILES string of the molecule is CCC1CC[NH+](CC(=O)c2ccccc2)CC1.COC(=O)C(Nc1ccccc1)c1ccc(C(F)(F)F)cc1. The number of quaternary nitrogens is 1. The highest BCUT2D eigenvalue weighted by atomic mass is 19.4. The van der Waals surface area contributed by atoms with Crippen LogP contribution in [-0.2, 0) is 15.7 Å². The third-order valence-corrected chi connectivity index (χ3v) is 6.99. The number of likely N-dealkylation sites (tertiary alicyclic amines) is 1. The highest BCUT2D eigenvalue weighted by Crippen LogP contribution is 2.30. The molecule has 0 aliphatic carbocycles. The van der Waals surface area contributed by atoms with Crippen molar-refractivity contribution in [2.24, 2.45) is 5.92 Å². The predicted molar refractivity (Wildman–Crippen MR) is 146 cm³/mol. The average molecular weight is 542 g/mol. The van der Waals surface area contributed by atoms with Crippen LogP contribution >= 0.6 is 0 Å². The van der Waals surface area contributed by atoms with E-state index in [0.717, 1.165) is 36.7 Å². The number of halogens is 3. The Hall–Kier alpha value is -3.65. The second-order valence-electron chi connectivity index (χ2n) is 9.65. The topological polar surface area (TPSA) is 59.8 Å². The fraction of sp³-hybridized carbons (Fsp3) is 0.355. The third kappa shape index (κ3) is 9.25. The maximum Gasteiger partial charge on any atom is 0.416 e. The van der Waals surface area contributed by atoms with Gasteiger partial charge in [-0.1, -0.05) is 74.0 Å². The molecule has 3 aromatic rings. The maximum atomic E-state index is 12.6. The van der Waals surface area contributed by atoms with Crippen molar-refractivity contribution in [1.82, 2.24) is 0 Å². The molecule has 4 rings (SSSR count). The Bertz CT molecular complexity index is 1160. The Labute approximate surface area is 228 Å². The number of carbonyl (C=O) groups excluding carboxylic acids is 2. The van der Waals surface area contributed by atoms with E-state index in [1.54, 1.807) is 24.3 Å².